The third-order valence-electron chi connectivity index (χ3n) is 3.53. The standard InChI is InChI=1S/C14H14N4O2/c1-8-11(13(15)19)17-18-10(7-16-14(20)12(8)18)9-5-3-2-4-6-9/h2-6,10H,7H2,1H3,(H2,15,19)(H,16,20). The van der Waals surface area contributed by atoms with Crippen molar-refractivity contribution >= 4 is 11.8 Å². The van der Waals surface area contributed by atoms with Crippen molar-refractivity contribution in [2.24, 2.45) is 5.73 Å². The molecule has 2 heterocycles. The molecule has 102 valence electrons. The summed E-state index contributed by atoms with van der Waals surface area (Å²) in [6, 6.07) is 9.58. The second kappa shape index (κ2) is 4.48. The minimum atomic E-state index is -0.621. The number of hydrogen-bond acceptors (Lipinski definition) is 3. The molecule has 2 amide bonds. The smallest absolute Gasteiger partial charge is 0.269 e. The van der Waals surface area contributed by atoms with Crippen molar-refractivity contribution < 1.29 is 9.59 Å². The summed E-state index contributed by atoms with van der Waals surface area (Å²) in [6.45, 7) is 2.13. The maximum absolute atomic E-state index is 12.0. The van der Waals surface area contributed by atoms with Gasteiger partial charge in [0.05, 0.1) is 6.04 Å². The molecule has 0 radical (unpaired) electrons. The third-order valence-corrected chi connectivity index (χ3v) is 3.53. The summed E-state index contributed by atoms with van der Waals surface area (Å²) in [6.07, 6.45) is 0. The second-order valence-electron chi connectivity index (χ2n) is 4.77. The van der Waals surface area contributed by atoms with Crippen molar-refractivity contribution in [3.05, 3.63) is 52.8 Å². The van der Waals surface area contributed by atoms with Crippen LogP contribution in [0.3, 0.4) is 0 Å². The molecule has 6 heteroatoms. The van der Waals surface area contributed by atoms with E-state index in [2.05, 4.69) is 10.4 Å². The minimum Gasteiger partial charge on any atom is -0.364 e. The van der Waals surface area contributed by atoms with Gasteiger partial charge < -0.3 is 11.1 Å². The Balaban J connectivity index is 2.17. The highest BCUT2D eigenvalue weighted by Gasteiger charge is 2.31. The van der Waals surface area contributed by atoms with Crippen LogP contribution < -0.4 is 11.1 Å². The monoisotopic (exact) mass is 270 g/mol. The van der Waals surface area contributed by atoms with E-state index in [4.69, 9.17) is 5.73 Å². The molecule has 0 saturated heterocycles. The Morgan fingerprint density at radius 3 is 2.75 bits per heavy atom. The molecule has 3 N–H and O–H groups in total. The lowest BCUT2D eigenvalue weighted by molar-refractivity contribution is 0.0914. The van der Waals surface area contributed by atoms with Gasteiger partial charge >= 0.3 is 0 Å². The summed E-state index contributed by atoms with van der Waals surface area (Å²) in [5, 5.41) is 7.07. The molecule has 0 fully saturated rings. The highest BCUT2D eigenvalue weighted by atomic mass is 16.2. The van der Waals surface area contributed by atoms with Crippen molar-refractivity contribution in [3.8, 4) is 0 Å². The van der Waals surface area contributed by atoms with E-state index in [1.165, 1.54) is 0 Å². The van der Waals surface area contributed by atoms with E-state index < -0.39 is 5.91 Å². The number of rotatable bonds is 2. The fraction of sp³-hybridized carbons (Fsp3) is 0.214. The van der Waals surface area contributed by atoms with Crippen LogP contribution in [-0.4, -0.2) is 28.1 Å². The van der Waals surface area contributed by atoms with Crippen LogP contribution in [-0.2, 0) is 0 Å². The molecule has 1 aromatic carbocycles. The maximum atomic E-state index is 12.0. The molecule has 1 unspecified atom stereocenters. The van der Waals surface area contributed by atoms with E-state index in [0.29, 0.717) is 17.8 Å². The number of primary amides is 1. The minimum absolute atomic E-state index is 0.129. The third kappa shape index (κ3) is 1.77. The molecule has 1 atom stereocenters. The van der Waals surface area contributed by atoms with E-state index in [-0.39, 0.29) is 17.6 Å². The number of hydrogen-bond donors (Lipinski definition) is 2. The zero-order chi connectivity index (χ0) is 14.3. The molecule has 1 aliphatic heterocycles. The lowest BCUT2D eigenvalue weighted by Crippen LogP contribution is -2.40. The summed E-state index contributed by atoms with van der Waals surface area (Å²) in [4.78, 5) is 23.4. The first-order valence-electron chi connectivity index (χ1n) is 6.31. The quantitative estimate of drug-likeness (QED) is 0.838. The molecular weight excluding hydrogens is 256 g/mol. The predicted molar refractivity (Wildman–Crippen MR) is 72.4 cm³/mol. The highest BCUT2D eigenvalue weighted by Crippen LogP contribution is 2.25. The fourth-order valence-electron chi connectivity index (χ4n) is 2.54. The highest BCUT2D eigenvalue weighted by molar-refractivity contribution is 6.00. The van der Waals surface area contributed by atoms with E-state index in [9.17, 15) is 9.59 Å². The van der Waals surface area contributed by atoms with Crippen LogP contribution in [0.15, 0.2) is 30.3 Å². The Bertz CT molecular complexity index is 691. The SMILES string of the molecule is Cc1c(C(N)=O)nn2c1C(=O)NCC2c1ccccc1. The Morgan fingerprint density at radius 2 is 2.10 bits per heavy atom. The van der Waals surface area contributed by atoms with Crippen molar-refractivity contribution in [2.45, 2.75) is 13.0 Å². The van der Waals surface area contributed by atoms with Gasteiger partial charge in [0.1, 0.15) is 5.69 Å². The van der Waals surface area contributed by atoms with Crippen LogP contribution in [0.2, 0.25) is 0 Å². The maximum Gasteiger partial charge on any atom is 0.269 e. The Morgan fingerprint density at radius 1 is 1.40 bits per heavy atom. The van der Waals surface area contributed by atoms with Crippen LogP contribution in [0.1, 0.15) is 38.1 Å². The van der Waals surface area contributed by atoms with Gasteiger partial charge in [0, 0.05) is 12.1 Å². The molecule has 1 aliphatic rings. The number of aromatic nitrogens is 2. The van der Waals surface area contributed by atoms with Crippen LogP contribution in [0, 0.1) is 6.92 Å². The number of amides is 2. The Kier molecular flexibility index (Phi) is 2.78. The molecule has 20 heavy (non-hydrogen) atoms. The first-order valence-corrected chi connectivity index (χ1v) is 6.31. The molecule has 0 spiro atoms. The summed E-state index contributed by atoms with van der Waals surface area (Å²) < 4.78 is 1.60. The average molecular weight is 270 g/mol. The summed E-state index contributed by atoms with van der Waals surface area (Å²) in [7, 11) is 0. The van der Waals surface area contributed by atoms with Gasteiger partial charge in [-0.3, -0.25) is 9.59 Å². The lowest BCUT2D eigenvalue weighted by atomic mass is 10.0. The van der Waals surface area contributed by atoms with E-state index in [0.717, 1.165) is 5.56 Å². The number of fused-ring (bicyclic) bond motifs is 1. The van der Waals surface area contributed by atoms with Gasteiger partial charge in [0.15, 0.2) is 5.69 Å². The summed E-state index contributed by atoms with van der Waals surface area (Å²) in [5.74, 6) is -0.848. The molecule has 2 aromatic rings. The fourth-order valence-corrected chi connectivity index (χ4v) is 2.54. The van der Waals surface area contributed by atoms with Crippen LogP contribution >= 0.6 is 0 Å². The van der Waals surface area contributed by atoms with Crippen LogP contribution in [0.4, 0.5) is 0 Å². The van der Waals surface area contributed by atoms with Gasteiger partial charge in [0.25, 0.3) is 11.8 Å². The molecule has 1 aromatic heterocycles. The van der Waals surface area contributed by atoms with Crippen LogP contribution in [0.5, 0.6) is 0 Å². The molecule has 0 aliphatic carbocycles. The van der Waals surface area contributed by atoms with Crippen molar-refractivity contribution in [1.82, 2.24) is 15.1 Å². The molecular formula is C14H14N4O2. The first kappa shape index (κ1) is 12.4. The molecule has 3 rings (SSSR count). The van der Waals surface area contributed by atoms with Gasteiger partial charge in [-0.05, 0) is 12.5 Å². The van der Waals surface area contributed by atoms with Crippen LogP contribution in [0.25, 0.3) is 0 Å². The topological polar surface area (TPSA) is 90.0 Å². The number of carbonyl (C=O) groups excluding carboxylic acids is 2. The van der Waals surface area contributed by atoms with Gasteiger partial charge in [-0.1, -0.05) is 30.3 Å². The second-order valence-corrected chi connectivity index (χ2v) is 4.77. The Hall–Kier alpha value is -2.63. The predicted octanol–water partition coefficient (Wildman–Crippen LogP) is 0.623. The average Bonchev–Trinajstić information content (AvgIpc) is 2.79. The van der Waals surface area contributed by atoms with E-state index >= 15 is 0 Å². The molecule has 0 bridgehead atoms. The number of nitrogens with two attached hydrogens (primary N) is 1. The first-order chi connectivity index (χ1) is 9.59. The summed E-state index contributed by atoms with van der Waals surface area (Å²) in [5.41, 5.74) is 7.41. The normalized spacial score (nSPS) is 17.4. The zero-order valence-corrected chi connectivity index (χ0v) is 11.0. The number of nitrogens with zero attached hydrogens (tertiary/aromatic N) is 2. The van der Waals surface area contributed by atoms with Crippen molar-refractivity contribution in [3.63, 3.8) is 0 Å². The molecule has 6 nitrogen and oxygen atoms in total. The molecule has 0 saturated carbocycles. The van der Waals surface area contributed by atoms with Crippen molar-refractivity contribution in [2.75, 3.05) is 6.54 Å². The van der Waals surface area contributed by atoms with E-state index in [1.54, 1.807) is 11.6 Å². The number of benzene rings is 1. The van der Waals surface area contributed by atoms with Gasteiger partial charge in [-0.15, -0.1) is 0 Å². The summed E-state index contributed by atoms with van der Waals surface area (Å²) >= 11 is 0. The van der Waals surface area contributed by atoms with Crippen molar-refractivity contribution in [1.29, 1.82) is 0 Å². The Labute approximate surface area is 115 Å². The van der Waals surface area contributed by atoms with Gasteiger partial charge in [0.2, 0.25) is 0 Å². The van der Waals surface area contributed by atoms with Gasteiger partial charge in [-0.25, -0.2) is 4.68 Å². The number of carbonyl (C=O) groups is 2. The zero-order valence-electron chi connectivity index (χ0n) is 11.0. The van der Waals surface area contributed by atoms with E-state index in [1.807, 2.05) is 30.3 Å². The lowest BCUT2D eigenvalue weighted by Gasteiger charge is -2.25. The number of nitrogens with one attached hydrogen (secondary N) is 1. The van der Waals surface area contributed by atoms with Gasteiger partial charge in [-0.2, -0.15) is 5.10 Å². The largest absolute Gasteiger partial charge is 0.364 e.